The minimum atomic E-state index is -4.43. The molecule has 25 heavy (non-hydrogen) atoms. The van der Waals surface area contributed by atoms with Crippen molar-refractivity contribution in [2.75, 3.05) is 11.9 Å². The topological polar surface area (TPSA) is 111 Å². The van der Waals surface area contributed by atoms with Gasteiger partial charge in [-0.1, -0.05) is 0 Å². The Kier molecular flexibility index (Phi) is 5.41. The lowest BCUT2D eigenvalue weighted by Gasteiger charge is -2.07. The van der Waals surface area contributed by atoms with E-state index in [4.69, 9.17) is 5.11 Å². The van der Waals surface area contributed by atoms with E-state index in [0.717, 1.165) is 9.36 Å². The van der Waals surface area contributed by atoms with Gasteiger partial charge in [-0.2, -0.15) is 23.4 Å². The highest BCUT2D eigenvalue weighted by molar-refractivity contribution is 6.03. The van der Waals surface area contributed by atoms with Gasteiger partial charge in [0.25, 0.3) is 5.91 Å². The number of hydrogen-bond donors (Lipinski definition) is 2. The lowest BCUT2D eigenvalue weighted by atomic mass is 10.3. The molecule has 0 aliphatic carbocycles. The Bertz CT molecular complexity index is 755. The van der Waals surface area contributed by atoms with E-state index in [9.17, 15) is 22.8 Å². The molecule has 12 heteroatoms. The third-order valence-electron chi connectivity index (χ3n) is 3.00. The number of nitrogens with one attached hydrogen (secondary N) is 1. The van der Waals surface area contributed by atoms with Crippen molar-refractivity contribution in [3.05, 3.63) is 30.4 Å². The second-order valence-electron chi connectivity index (χ2n) is 5.04. The molecule has 0 aliphatic rings. The summed E-state index contributed by atoms with van der Waals surface area (Å²) in [4.78, 5) is 22.9. The van der Waals surface area contributed by atoms with E-state index < -0.39 is 37.4 Å². The largest absolute Gasteiger partial charge is 0.480 e. The molecule has 2 rings (SSSR count). The number of anilines is 1. The number of nitrogens with zero attached hydrogens (tertiary/aromatic N) is 4. The first-order chi connectivity index (χ1) is 11.7. The van der Waals surface area contributed by atoms with Gasteiger partial charge in [-0.3, -0.25) is 9.48 Å². The van der Waals surface area contributed by atoms with E-state index in [1.165, 1.54) is 31.7 Å². The van der Waals surface area contributed by atoms with Crippen LogP contribution in [0.3, 0.4) is 0 Å². The number of carboxylic acids is 1. The van der Waals surface area contributed by atoms with Crippen LogP contribution in [0.2, 0.25) is 0 Å². The van der Waals surface area contributed by atoms with Crippen LogP contribution < -0.4 is 5.32 Å². The predicted octanol–water partition coefficient (Wildman–Crippen LogP) is 1.51. The number of carbonyl (C=O) groups is 2. The molecule has 0 saturated carbocycles. The first-order valence-corrected chi connectivity index (χ1v) is 6.91. The Morgan fingerprint density at radius 1 is 1.32 bits per heavy atom. The molecule has 0 saturated heterocycles. The zero-order chi connectivity index (χ0) is 18.6. The summed E-state index contributed by atoms with van der Waals surface area (Å²) in [5.74, 6) is -1.67. The van der Waals surface area contributed by atoms with Crippen LogP contribution >= 0.6 is 0 Å². The number of carboxylic acid groups (broad SMARTS) is 1. The summed E-state index contributed by atoms with van der Waals surface area (Å²) < 4.78 is 42.6. The molecule has 1 unspecified atom stereocenters. The van der Waals surface area contributed by atoms with Gasteiger partial charge in [0.1, 0.15) is 19.4 Å². The molecule has 0 bridgehead atoms. The minimum Gasteiger partial charge on any atom is -0.480 e. The maximum Gasteiger partial charge on any atom is 0.411 e. The number of ether oxygens (including phenoxy) is 1. The Hall–Kier alpha value is -2.89. The van der Waals surface area contributed by atoms with Crippen LogP contribution in [0.4, 0.5) is 18.9 Å². The fraction of sp³-hybridized carbons (Fsp3) is 0.385. The average molecular weight is 361 g/mol. The van der Waals surface area contributed by atoms with Crippen LogP contribution in [0.25, 0.3) is 0 Å². The molecule has 2 aromatic heterocycles. The Labute approximate surface area is 139 Å². The molecule has 0 aromatic carbocycles. The number of aliphatic carboxylic acids is 1. The lowest BCUT2D eigenvalue weighted by Crippen LogP contribution is -2.18. The van der Waals surface area contributed by atoms with Crippen molar-refractivity contribution in [3.8, 4) is 0 Å². The molecule has 0 spiro atoms. The second-order valence-corrected chi connectivity index (χ2v) is 5.04. The van der Waals surface area contributed by atoms with Crippen molar-refractivity contribution >= 4 is 17.6 Å². The highest BCUT2D eigenvalue weighted by Gasteiger charge is 2.27. The van der Waals surface area contributed by atoms with Crippen molar-refractivity contribution in [2.45, 2.75) is 25.9 Å². The van der Waals surface area contributed by atoms with E-state index in [0.29, 0.717) is 0 Å². The number of hydrogen-bond acceptors (Lipinski definition) is 5. The van der Waals surface area contributed by atoms with E-state index in [2.05, 4.69) is 20.3 Å². The van der Waals surface area contributed by atoms with Gasteiger partial charge < -0.3 is 15.2 Å². The van der Waals surface area contributed by atoms with E-state index in [1.54, 1.807) is 0 Å². The minimum absolute atomic E-state index is 0.120. The van der Waals surface area contributed by atoms with Crippen molar-refractivity contribution in [1.29, 1.82) is 0 Å². The Morgan fingerprint density at radius 3 is 2.68 bits per heavy atom. The van der Waals surface area contributed by atoms with E-state index in [1.807, 2.05) is 0 Å². The zero-order valence-electron chi connectivity index (χ0n) is 12.9. The van der Waals surface area contributed by atoms with Crippen LogP contribution in [-0.4, -0.2) is 49.3 Å². The normalized spacial score (nSPS) is 12.8. The SMILES string of the molecule is CC(C(=O)O)n1cc(C(=O)Nc2cnn(COCC(F)(F)F)c2)cn1. The van der Waals surface area contributed by atoms with Crippen molar-refractivity contribution < 1.29 is 32.6 Å². The zero-order valence-corrected chi connectivity index (χ0v) is 12.9. The van der Waals surface area contributed by atoms with Gasteiger partial charge in [-0.25, -0.2) is 9.48 Å². The van der Waals surface area contributed by atoms with Crippen molar-refractivity contribution in [3.63, 3.8) is 0 Å². The first kappa shape index (κ1) is 18.4. The van der Waals surface area contributed by atoms with Gasteiger partial charge in [0.05, 0.1) is 29.8 Å². The smallest absolute Gasteiger partial charge is 0.411 e. The van der Waals surface area contributed by atoms with Crippen molar-refractivity contribution in [1.82, 2.24) is 19.6 Å². The highest BCUT2D eigenvalue weighted by Crippen LogP contribution is 2.15. The van der Waals surface area contributed by atoms with Gasteiger partial charge in [0.2, 0.25) is 0 Å². The van der Waals surface area contributed by atoms with Crippen LogP contribution in [0, 0.1) is 0 Å². The molecule has 1 amide bonds. The molecular formula is C13H14F3N5O4. The summed E-state index contributed by atoms with van der Waals surface area (Å²) in [7, 11) is 0. The van der Waals surface area contributed by atoms with Crippen LogP contribution in [0.15, 0.2) is 24.8 Å². The summed E-state index contributed by atoms with van der Waals surface area (Å²) in [5.41, 5.74) is 0.355. The summed E-state index contributed by atoms with van der Waals surface area (Å²) in [6.45, 7) is -0.430. The number of halogens is 3. The third-order valence-corrected chi connectivity index (χ3v) is 3.00. The van der Waals surface area contributed by atoms with Crippen LogP contribution in [0.5, 0.6) is 0 Å². The fourth-order valence-electron chi connectivity index (χ4n) is 1.74. The average Bonchev–Trinajstić information content (AvgIpc) is 3.14. The number of rotatable bonds is 7. The molecule has 2 heterocycles. The standard InChI is InChI=1S/C13H14F3N5O4/c1-8(12(23)24)21-4-9(2-18-21)11(22)19-10-3-17-20(5-10)7-25-6-13(14,15)16/h2-5,8H,6-7H2,1H3,(H,19,22)(H,23,24). The van der Waals surface area contributed by atoms with E-state index >= 15 is 0 Å². The number of aromatic nitrogens is 4. The molecule has 2 N–H and O–H groups in total. The van der Waals surface area contributed by atoms with Gasteiger partial charge in [-0.05, 0) is 6.92 Å². The quantitative estimate of drug-likeness (QED) is 0.773. The van der Waals surface area contributed by atoms with E-state index in [-0.39, 0.29) is 11.3 Å². The maximum absolute atomic E-state index is 12.0. The molecule has 0 radical (unpaired) electrons. The predicted molar refractivity (Wildman–Crippen MR) is 76.8 cm³/mol. The number of amides is 1. The van der Waals surface area contributed by atoms with Gasteiger partial charge in [0, 0.05) is 6.20 Å². The third kappa shape index (κ3) is 5.31. The van der Waals surface area contributed by atoms with Gasteiger partial charge >= 0.3 is 12.1 Å². The van der Waals surface area contributed by atoms with Gasteiger partial charge in [0.15, 0.2) is 0 Å². The van der Waals surface area contributed by atoms with Crippen LogP contribution in [0.1, 0.15) is 23.3 Å². The summed E-state index contributed by atoms with van der Waals surface area (Å²) in [6, 6.07) is -0.935. The molecule has 1 atom stereocenters. The molecule has 2 aromatic rings. The molecule has 0 fully saturated rings. The number of carbonyl (C=O) groups excluding carboxylic acids is 1. The molecule has 9 nitrogen and oxygen atoms in total. The van der Waals surface area contributed by atoms with Crippen LogP contribution in [-0.2, 0) is 16.3 Å². The highest BCUT2D eigenvalue weighted by atomic mass is 19.4. The summed E-state index contributed by atoms with van der Waals surface area (Å²) >= 11 is 0. The maximum atomic E-state index is 12.0. The summed E-state index contributed by atoms with van der Waals surface area (Å²) in [5, 5.41) is 18.9. The molecule has 136 valence electrons. The molecule has 0 aliphatic heterocycles. The Balaban J connectivity index is 1.92. The first-order valence-electron chi connectivity index (χ1n) is 6.91. The van der Waals surface area contributed by atoms with Crippen molar-refractivity contribution in [2.24, 2.45) is 0 Å². The molecular weight excluding hydrogens is 347 g/mol. The fourth-order valence-corrected chi connectivity index (χ4v) is 1.74. The monoisotopic (exact) mass is 361 g/mol. The second kappa shape index (κ2) is 7.34. The number of alkyl halides is 3. The lowest BCUT2D eigenvalue weighted by molar-refractivity contribution is -0.182. The van der Waals surface area contributed by atoms with Gasteiger partial charge in [-0.15, -0.1) is 0 Å². The Morgan fingerprint density at radius 2 is 2.04 bits per heavy atom. The summed E-state index contributed by atoms with van der Waals surface area (Å²) in [6.07, 6.45) is 0.561.